The number of hydrogen-bond donors (Lipinski definition) is 4. The molecule has 8 nitrogen and oxygen atoms in total. The van der Waals surface area contributed by atoms with E-state index in [-0.39, 0.29) is 50.3 Å². The third-order valence-corrected chi connectivity index (χ3v) is 4.69. The topological polar surface area (TPSA) is 126 Å². The minimum Gasteiger partial charge on any atom is -0.396 e. The van der Waals surface area contributed by atoms with E-state index < -0.39 is 30.4 Å². The molecule has 2 saturated heterocycles. The molecule has 2 heterocycles. The Morgan fingerprint density at radius 1 is 1.08 bits per heavy atom. The molecule has 0 radical (unpaired) electrons. The molecule has 2 fully saturated rings. The van der Waals surface area contributed by atoms with Crippen LogP contribution >= 0.6 is 0 Å². The summed E-state index contributed by atoms with van der Waals surface area (Å²) in [6, 6.07) is 0. The van der Waals surface area contributed by atoms with Gasteiger partial charge in [-0.2, -0.15) is 0 Å². The fourth-order valence-electron chi connectivity index (χ4n) is 3.75. The lowest BCUT2D eigenvalue weighted by Gasteiger charge is -2.41. The van der Waals surface area contributed by atoms with Gasteiger partial charge in [0.25, 0.3) is 0 Å². The molecular formula is C18H32O8. The van der Waals surface area contributed by atoms with Gasteiger partial charge in [-0.3, -0.25) is 4.79 Å². The van der Waals surface area contributed by atoms with Crippen LogP contribution in [0.3, 0.4) is 0 Å². The first-order valence-electron chi connectivity index (χ1n) is 9.34. The second-order valence-electron chi connectivity index (χ2n) is 7.80. The molecule has 8 heteroatoms. The van der Waals surface area contributed by atoms with Crippen LogP contribution in [0.25, 0.3) is 0 Å². The Morgan fingerprint density at radius 2 is 1.73 bits per heavy atom. The molecule has 6 atom stereocenters. The van der Waals surface area contributed by atoms with Crippen LogP contribution in [0.15, 0.2) is 0 Å². The molecule has 4 N–H and O–H groups in total. The number of carbonyl (C=O) groups excluding carboxylic acids is 1. The Labute approximate surface area is 154 Å². The van der Waals surface area contributed by atoms with Crippen molar-refractivity contribution in [2.45, 2.75) is 101 Å². The van der Waals surface area contributed by atoms with Gasteiger partial charge in [0.1, 0.15) is 5.78 Å². The van der Waals surface area contributed by atoms with Crippen LogP contribution in [-0.4, -0.2) is 75.4 Å². The second-order valence-corrected chi connectivity index (χ2v) is 7.80. The van der Waals surface area contributed by atoms with E-state index in [2.05, 4.69) is 0 Å². The van der Waals surface area contributed by atoms with Crippen molar-refractivity contribution < 1.29 is 39.4 Å². The number of ether oxygens (including phenoxy) is 3. The Kier molecular flexibility index (Phi) is 7.96. The predicted octanol–water partition coefficient (Wildman–Crippen LogP) is 0.238. The van der Waals surface area contributed by atoms with E-state index in [9.17, 15) is 20.1 Å². The average molecular weight is 376 g/mol. The van der Waals surface area contributed by atoms with Crippen LogP contribution in [0.4, 0.5) is 0 Å². The molecule has 2 aliphatic heterocycles. The van der Waals surface area contributed by atoms with Crippen LogP contribution in [0, 0.1) is 0 Å². The fourth-order valence-corrected chi connectivity index (χ4v) is 3.75. The van der Waals surface area contributed by atoms with Crippen LogP contribution in [0.1, 0.15) is 58.8 Å². The van der Waals surface area contributed by atoms with Crippen molar-refractivity contribution >= 4 is 5.78 Å². The van der Waals surface area contributed by atoms with Gasteiger partial charge in [0.15, 0.2) is 12.1 Å². The Balaban J connectivity index is 1.85. The molecule has 1 unspecified atom stereocenters. The van der Waals surface area contributed by atoms with Gasteiger partial charge >= 0.3 is 0 Å². The van der Waals surface area contributed by atoms with E-state index in [0.717, 1.165) is 0 Å². The SMILES string of the molecule is CC1(C)O[C@H](CC(=O)C[C@H]2C[C@@H](O)CC(O)O2)C[C@H](C[C@H](O)CCO)O1. The third-order valence-electron chi connectivity index (χ3n) is 4.69. The van der Waals surface area contributed by atoms with Gasteiger partial charge in [-0.15, -0.1) is 0 Å². The van der Waals surface area contributed by atoms with Crippen molar-refractivity contribution in [2.24, 2.45) is 0 Å². The maximum atomic E-state index is 12.4. The fraction of sp³-hybridized carbons (Fsp3) is 0.944. The number of hydrogen-bond acceptors (Lipinski definition) is 8. The van der Waals surface area contributed by atoms with Gasteiger partial charge in [-0.25, -0.2) is 0 Å². The lowest BCUT2D eigenvalue weighted by Crippen LogP contribution is -2.46. The number of aliphatic hydroxyl groups is 4. The monoisotopic (exact) mass is 376 g/mol. The molecule has 0 aromatic carbocycles. The summed E-state index contributed by atoms with van der Waals surface area (Å²) >= 11 is 0. The number of carbonyl (C=O) groups is 1. The van der Waals surface area contributed by atoms with Gasteiger partial charge in [-0.05, 0) is 26.7 Å². The van der Waals surface area contributed by atoms with Crippen molar-refractivity contribution in [3.8, 4) is 0 Å². The van der Waals surface area contributed by atoms with Gasteiger partial charge in [0, 0.05) is 38.7 Å². The maximum Gasteiger partial charge on any atom is 0.163 e. The van der Waals surface area contributed by atoms with Crippen molar-refractivity contribution in [3.05, 3.63) is 0 Å². The highest BCUT2D eigenvalue weighted by molar-refractivity contribution is 5.79. The first-order chi connectivity index (χ1) is 12.2. The Morgan fingerprint density at radius 3 is 2.38 bits per heavy atom. The van der Waals surface area contributed by atoms with Crippen LogP contribution in [0.5, 0.6) is 0 Å². The number of rotatable bonds is 8. The second kappa shape index (κ2) is 9.54. The van der Waals surface area contributed by atoms with Gasteiger partial charge in [-0.1, -0.05) is 0 Å². The van der Waals surface area contributed by atoms with E-state index in [1.807, 2.05) is 0 Å². The summed E-state index contributed by atoms with van der Waals surface area (Å²) in [5.74, 6) is -0.922. The summed E-state index contributed by atoms with van der Waals surface area (Å²) in [6.45, 7) is 3.45. The van der Waals surface area contributed by atoms with Gasteiger partial charge < -0.3 is 34.6 Å². The van der Waals surface area contributed by atoms with Gasteiger partial charge in [0.2, 0.25) is 0 Å². The van der Waals surface area contributed by atoms with E-state index in [4.69, 9.17) is 19.3 Å². The molecule has 0 bridgehead atoms. The maximum absolute atomic E-state index is 12.4. The molecule has 152 valence electrons. The van der Waals surface area contributed by atoms with Crippen molar-refractivity contribution in [1.82, 2.24) is 0 Å². The lowest BCUT2D eigenvalue weighted by molar-refractivity contribution is -0.302. The molecule has 2 rings (SSSR count). The zero-order valence-corrected chi connectivity index (χ0v) is 15.5. The minimum absolute atomic E-state index is 0.0614. The highest BCUT2D eigenvalue weighted by Gasteiger charge is 2.37. The molecule has 2 aliphatic rings. The Hall–Kier alpha value is -0.610. The number of aliphatic hydroxyl groups excluding tert-OH is 4. The zero-order chi connectivity index (χ0) is 19.3. The van der Waals surface area contributed by atoms with E-state index >= 15 is 0 Å². The summed E-state index contributed by atoms with van der Waals surface area (Å²) in [7, 11) is 0. The van der Waals surface area contributed by atoms with Crippen LogP contribution in [0.2, 0.25) is 0 Å². The minimum atomic E-state index is -1.03. The highest BCUT2D eigenvalue weighted by Crippen LogP contribution is 2.31. The quantitative estimate of drug-likeness (QED) is 0.475. The van der Waals surface area contributed by atoms with Crippen LogP contribution in [-0.2, 0) is 19.0 Å². The first-order valence-corrected chi connectivity index (χ1v) is 9.34. The van der Waals surface area contributed by atoms with Crippen molar-refractivity contribution in [3.63, 3.8) is 0 Å². The normalized spacial score (nSPS) is 35.8. The zero-order valence-electron chi connectivity index (χ0n) is 15.5. The van der Waals surface area contributed by atoms with Crippen LogP contribution < -0.4 is 0 Å². The highest BCUT2D eigenvalue weighted by atomic mass is 16.7. The third kappa shape index (κ3) is 7.19. The van der Waals surface area contributed by atoms with E-state index in [1.54, 1.807) is 13.8 Å². The first kappa shape index (κ1) is 21.7. The standard InChI is InChI=1S/C18H32O8/c1-18(2)25-15(5-11(20)3-4-19)10-16(26-18)8-12(21)6-14-7-13(22)9-17(23)24-14/h11,13-17,19-20,22-23H,3-10H2,1-2H3/t11-,13-,14+,15+,16-,17?/m1/s1. The lowest BCUT2D eigenvalue weighted by atomic mass is 9.95. The molecule has 0 amide bonds. The predicted molar refractivity (Wildman–Crippen MR) is 91.1 cm³/mol. The molecule has 0 spiro atoms. The van der Waals surface area contributed by atoms with Gasteiger partial charge in [0.05, 0.1) is 30.5 Å². The Bertz CT molecular complexity index is 444. The summed E-state index contributed by atoms with van der Waals surface area (Å²) in [4.78, 5) is 12.4. The summed E-state index contributed by atoms with van der Waals surface area (Å²) in [6.07, 6.45) is -1.49. The molecule has 0 aliphatic carbocycles. The molecule has 0 aromatic heterocycles. The molecule has 26 heavy (non-hydrogen) atoms. The largest absolute Gasteiger partial charge is 0.396 e. The summed E-state index contributed by atoms with van der Waals surface area (Å²) in [5, 5.41) is 38.0. The van der Waals surface area contributed by atoms with Crippen molar-refractivity contribution in [1.29, 1.82) is 0 Å². The molecule has 0 saturated carbocycles. The summed E-state index contributed by atoms with van der Waals surface area (Å²) in [5.41, 5.74) is 0. The van der Waals surface area contributed by atoms with Crippen molar-refractivity contribution in [2.75, 3.05) is 6.61 Å². The smallest absolute Gasteiger partial charge is 0.163 e. The summed E-state index contributed by atoms with van der Waals surface area (Å²) < 4.78 is 17.0. The average Bonchev–Trinajstić information content (AvgIpc) is 2.43. The molecule has 0 aromatic rings. The molecular weight excluding hydrogens is 344 g/mol. The van der Waals surface area contributed by atoms with E-state index in [0.29, 0.717) is 19.3 Å². The number of ketones is 1. The van der Waals surface area contributed by atoms with E-state index in [1.165, 1.54) is 0 Å². The number of Topliss-reactive ketones (excluding diaryl/α,β-unsaturated/α-hetero) is 1.